The first kappa shape index (κ1) is 16.1. The van der Waals surface area contributed by atoms with Gasteiger partial charge in [0.05, 0.1) is 6.10 Å². The van der Waals surface area contributed by atoms with Crippen molar-refractivity contribution in [3.05, 3.63) is 24.3 Å². The van der Waals surface area contributed by atoms with E-state index in [2.05, 4.69) is 30.7 Å². The van der Waals surface area contributed by atoms with E-state index in [1.54, 1.807) is 0 Å². The van der Waals surface area contributed by atoms with Gasteiger partial charge in [0.15, 0.2) is 0 Å². The lowest BCUT2D eigenvalue weighted by molar-refractivity contribution is 0.133. The Labute approximate surface area is 128 Å². The minimum absolute atomic E-state index is 0.258. The van der Waals surface area contributed by atoms with Gasteiger partial charge in [0.1, 0.15) is 18.1 Å². The van der Waals surface area contributed by atoms with E-state index in [0.717, 1.165) is 57.3 Å². The zero-order valence-corrected chi connectivity index (χ0v) is 13.5. The summed E-state index contributed by atoms with van der Waals surface area (Å²) in [5.74, 6) is 1.83. The van der Waals surface area contributed by atoms with Crippen molar-refractivity contribution in [3.8, 4) is 11.5 Å². The fraction of sp³-hybridized carbons (Fsp3) is 0.647. The Balaban J connectivity index is 1.69. The fourth-order valence-electron chi connectivity index (χ4n) is 2.29. The van der Waals surface area contributed by atoms with Crippen molar-refractivity contribution in [3.63, 3.8) is 0 Å². The van der Waals surface area contributed by atoms with Crippen molar-refractivity contribution in [1.82, 2.24) is 9.80 Å². The summed E-state index contributed by atoms with van der Waals surface area (Å²) in [4.78, 5) is 4.83. The van der Waals surface area contributed by atoms with Crippen LogP contribution in [0, 0.1) is 0 Å². The summed E-state index contributed by atoms with van der Waals surface area (Å²) in [5, 5.41) is 0. The van der Waals surface area contributed by atoms with Crippen LogP contribution in [0.15, 0.2) is 24.3 Å². The van der Waals surface area contributed by atoms with Gasteiger partial charge in [0.2, 0.25) is 0 Å². The van der Waals surface area contributed by atoms with Gasteiger partial charge in [-0.25, -0.2) is 0 Å². The molecule has 0 N–H and O–H groups in total. The van der Waals surface area contributed by atoms with Gasteiger partial charge in [0, 0.05) is 32.7 Å². The Morgan fingerprint density at radius 1 is 1.05 bits per heavy atom. The third-order valence-electron chi connectivity index (χ3n) is 4.01. The van der Waals surface area contributed by atoms with Gasteiger partial charge in [-0.2, -0.15) is 0 Å². The average Bonchev–Trinajstić information content (AvgIpc) is 2.51. The molecular weight excluding hydrogens is 264 g/mol. The molecule has 1 aromatic carbocycles. The van der Waals surface area contributed by atoms with Crippen LogP contribution >= 0.6 is 0 Å². The second-order valence-corrected chi connectivity index (χ2v) is 5.80. The van der Waals surface area contributed by atoms with E-state index in [-0.39, 0.29) is 6.10 Å². The maximum absolute atomic E-state index is 5.81. The summed E-state index contributed by atoms with van der Waals surface area (Å²) in [6.07, 6.45) is 1.28. The Morgan fingerprint density at radius 3 is 2.29 bits per heavy atom. The van der Waals surface area contributed by atoms with Crippen LogP contribution in [-0.4, -0.2) is 62.3 Å². The molecule has 0 saturated carbocycles. The third kappa shape index (κ3) is 5.56. The number of likely N-dealkylation sites (N-methyl/N-ethyl adjacent to an activating group) is 1. The standard InChI is InChI=1S/C17H28N2O2/c1-4-15(2)21-17-7-5-16(6-8-17)20-14-13-19-11-9-18(3)10-12-19/h5-8,15H,4,9-14H2,1-3H3. The minimum Gasteiger partial charge on any atom is -0.492 e. The normalized spacial score (nSPS) is 18.4. The van der Waals surface area contributed by atoms with Gasteiger partial charge in [0.25, 0.3) is 0 Å². The molecule has 1 atom stereocenters. The molecule has 0 bridgehead atoms. The highest BCUT2D eigenvalue weighted by Crippen LogP contribution is 2.19. The van der Waals surface area contributed by atoms with E-state index in [1.807, 2.05) is 24.3 Å². The van der Waals surface area contributed by atoms with E-state index in [0.29, 0.717) is 0 Å². The molecule has 4 heteroatoms. The van der Waals surface area contributed by atoms with Crippen LogP contribution in [0.1, 0.15) is 20.3 Å². The molecule has 118 valence electrons. The van der Waals surface area contributed by atoms with E-state index in [1.165, 1.54) is 0 Å². The van der Waals surface area contributed by atoms with Crippen LogP contribution in [0.2, 0.25) is 0 Å². The molecule has 0 aromatic heterocycles. The SMILES string of the molecule is CCC(C)Oc1ccc(OCCN2CCN(C)CC2)cc1. The zero-order valence-electron chi connectivity index (χ0n) is 13.5. The van der Waals surface area contributed by atoms with Gasteiger partial charge in [-0.1, -0.05) is 6.92 Å². The highest BCUT2D eigenvalue weighted by molar-refractivity contribution is 5.31. The monoisotopic (exact) mass is 292 g/mol. The summed E-state index contributed by atoms with van der Waals surface area (Å²) in [6.45, 7) is 10.5. The molecular formula is C17H28N2O2. The Morgan fingerprint density at radius 2 is 1.67 bits per heavy atom. The van der Waals surface area contributed by atoms with Crippen molar-refractivity contribution in [2.75, 3.05) is 46.4 Å². The molecule has 1 unspecified atom stereocenters. The predicted molar refractivity (Wildman–Crippen MR) is 86.3 cm³/mol. The molecule has 4 nitrogen and oxygen atoms in total. The summed E-state index contributed by atoms with van der Waals surface area (Å²) < 4.78 is 11.6. The van der Waals surface area contributed by atoms with E-state index >= 15 is 0 Å². The molecule has 1 aliphatic rings. The molecule has 1 fully saturated rings. The highest BCUT2D eigenvalue weighted by Gasteiger charge is 2.13. The second-order valence-electron chi connectivity index (χ2n) is 5.80. The Kier molecular flexibility index (Phi) is 6.33. The highest BCUT2D eigenvalue weighted by atomic mass is 16.5. The average molecular weight is 292 g/mol. The van der Waals surface area contributed by atoms with Crippen LogP contribution in [-0.2, 0) is 0 Å². The van der Waals surface area contributed by atoms with E-state index in [4.69, 9.17) is 9.47 Å². The molecule has 2 rings (SSSR count). The predicted octanol–water partition coefficient (Wildman–Crippen LogP) is 2.49. The van der Waals surface area contributed by atoms with Crippen LogP contribution in [0.4, 0.5) is 0 Å². The lowest BCUT2D eigenvalue weighted by atomic mass is 10.3. The quantitative estimate of drug-likeness (QED) is 0.771. The molecule has 1 aliphatic heterocycles. The molecule has 21 heavy (non-hydrogen) atoms. The lowest BCUT2D eigenvalue weighted by Crippen LogP contribution is -2.45. The first-order chi connectivity index (χ1) is 10.2. The van der Waals surface area contributed by atoms with Gasteiger partial charge in [-0.15, -0.1) is 0 Å². The number of rotatable bonds is 7. The number of nitrogens with zero attached hydrogens (tertiary/aromatic N) is 2. The van der Waals surface area contributed by atoms with Crippen molar-refractivity contribution in [2.45, 2.75) is 26.4 Å². The molecule has 0 amide bonds. The van der Waals surface area contributed by atoms with Crippen molar-refractivity contribution < 1.29 is 9.47 Å². The van der Waals surface area contributed by atoms with Gasteiger partial charge in [-0.3, -0.25) is 4.90 Å². The first-order valence-corrected chi connectivity index (χ1v) is 7.98. The largest absolute Gasteiger partial charge is 0.492 e. The molecule has 1 aromatic rings. The van der Waals surface area contributed by atoms with Crippen LogP contribution in [0.25, 0.3) is 0 Å². The Bertz CT molecular complexity index is 400. The van der Waals surface area contributed by atoms with Crippen molar-refractivity contribution in [2.24, 2.45) is 0 Å². The number of hydrogen-bond donors (Lipinski definition) is 0. The topological polar surface area (TPSA) is 24.9 Å². The summed E-state index contributed by atoms with van der Waals surface area (Å²) in [5.41, 5.74) is 0. The third-order valence-corrected chi connectivity index (χ3v) is 4.01. The molecule has 1 saturated heterocycles. The van der Waals surface area contributed by atoms with E-state index < -0.39 is 0 Å². The van der Waals surface area contributed by atoms with Crippen LogP contribution in [0.3, 0.4) is 0 Å². The second kappa shape index (κ2) is 8.25. The van der Waals surface area contributed by atoms with Crippen LogP contribution < -0.4 is 9.47 Å². The maximum atomic E-state index is 5.81. The summed E-state index contributed by atoms with van der Waals surface area (Å²) in [7, 11) is 2.18. The van der Waals surface area contributed by atoms with Crippen LogP contribution in [0.5, 0.6) is 11.5 Å². The summed E-state index contributed by atoms with van der Waals surface area (Å²) >= 11 is 0. The first-order valence-electron chi connectivity index (χ1n) is 7.98. The smallest absolute Gasteiger partial charge is 0.119 e. The number of benzene rings is 1. The molecule has 0 radical (unpaired) electrons. The molecule has 0 aliphatic carbocycles. The minimum atomic E-state index is 0.258. The number of piperazine rings is 1. The van der Waals surface area contributed by atoms with Gasteiger partial charge < -0.3 is 14.4 Å². The Hall–Kier alpha value is -1.26. The zero-order chi connectivity index (χ0) is 15.1. The number of hydrogen-bond acceptors (Lipinski definition) is 4. The van der Waals surface area contributed by atoms with Crippen molar-refractivity contribution in [1.29, 1.82) is 0 Å². The molecule has 0 spiro atoms. The fourth-order valence-corrected chi connectivity index (χ4v) is 2.29. The van der Waals surface area contributed by atoms with E-state index in [9.17, 15) is 0 Å². The summed E-state index contributed by atoms with van der Waals surface area (Å²) in [6, 6.07) is 7.94. The van der Waals surface area contributed by atoms with Gasteiger partial charge >= 0.3 is 0 Å². The van der Waals surface area contributed by atoms with Crippen molar-refractivity contribution >= 4 is 0 Å². The maximum Gasteiger partial charge on any atom is 0.119 e. The molecule has 1 heterocycles. The lowest BCUT2D eigenvalue weighted by Gasteiger charge is -2.32. The number of ether oxygens (including phenoxy) is 2. The van der Waals surface area contributed by atoms with Gasteiger partial charge in [-0.05, 0) is 44.7 Å².